The number of nitrogens with zero attached hydrogens (tertiary/aromatic N) is 1. The first-order valence-corrected chi connectivity index (χ1v) is 39.9. The molecule has 0 fully saturated rings. The summed E-state index contributed by atoms with van der Waals surface area (Å²) in [6.07, 6.45) is -2.51. The van der Waals surface area contributed by atoms with Crippen LogP contribution >= 0.6 is 35.1 Å². The Kier molecular flexibility index (Phi) is 37.6. The lowest BCUT2D eigenvalue weighted by Gasteiger charge is -2.18. The smallest absolute Gasteiger partial charge is 0.303 e. The Morgan fingerprint density at radius 2 is 0.946 bits per heavy atom. The third-order valence-corrected chi connectivity index (χ3v) is 35.5. The zero-order chi connectivity index (χ0) is 54.2. The van der Waals surface area contributed by atoms with Gasteiger partial charge in [-0.1, -0.05) is 36.4 Å². The molecule has 0 spiro atoms. The number of thiophene rings is 2. The largest absolute Gasteiger partial charge is 0.493 e. The lowest BCUT2D eigenvalue weighted by molar-refractivity contribution is -0.139. The van der Waals surface area contributed by atoms with Crippen molar-refractivity contribution in [2.75, 3.05) is 45.9 Å². The van der Waals surface area contributed by atoms with Gasteiger partial charge in [-0.05, 0) is 59.3 Å². The number of amides is 1. The number of alkyl halides is 4. The van der Waals surface area contributed by atoms with Gasteiger partial charge < -0.3 is 29.4 Å². The van der Waals surface area contributed by atoms with E-state index in [4.69, 9.17) is 46.4 Å². The Morgan fingerprint density at radius 3 is 1.28 bits per heavy atom. The number of carbonyl (C=O) groups excluding carboxylic acids is 1. The van der Waals surface area contributed by atoms with Gasteiger partial charge in [0.1, 0.15) is 0 Å². The van der Waals surface area contributed by atoms with E-state index < -0.39 is 49.4 Å². The van der Waals surface area contributed by atoms with Crippen LogP contribution in [0.1, 0.15) is 35.4 Å². The molecule has 0 saturated carbocycles. The summed E-state index contributed by atoms with van der Waals surface area (Å²) in [7, 11) is 27.7. The predicted molar refractivity (Wildman–Crippen MR) is 341 cm³/mol. The molecule has 6 rings (SSSR count). The molecular formula is C41H43ClF4N2O8S18. The van der Waals surface area contributed by atoms with E-state index in [0.717, 1.165) is 28.4 Å². The van der Waals surface area contributed by atoms with Crippen molar-refractivity contribution < 1.29 is 56.4 Å². The van der Waals surface area contributed by atoms with Crippen LogP contribution in [0, 0.1) is 0 Å². The van der Waals surface area contributed by atoms with E-state index in [2.05, 4.69) is 27.7 Å². The Balaban J connectivity index is 0.000000525. The number of fused-ring (bicyclic) bond motifs is 2. The molecule has 74 heavy (non-hydrogen) atoms. The minimum absolute atomic E-state index is 0. The molecule has 0 radical (unpaired) electrons. The van der Waals surface area contributed by atoms with Crippen molar-refractivity contribution in [2.24, 2.45) is 0 Å². The van der Waals surface area contributed by atoms with Crippen LogP contribution in [0.3, 0.4) is 0 Å². The molecule has 0 saturated heterocycles. The van der Waals surface area contributed by atoms with Crippen LogP contribution in [0.25, 0.3) is 20.2 Å². The fourth-order valence-corrected chi connectivity index (χ4v) is 35.0. The summed E-state index contributed by atoms with van der Waals surface area (Å²) in [5, 5.41) is 23.1. The van der Waals surface area contributed by atoms with Gasteiger partial charge in [0.2, 0.25) is 0 Å². The number of ether oxygens (including phenoxy) is 4. The Morgan fingerprint density at radius 1 is 0.595 bits per heavy atom. The number of nitrogens with one attached hydrogen (secondary N) is 1. The molecule has 2 aromatic heterocycles. The summed E-state index contributed by atoms with van der Waals surface area (Å²) in [6, 6.07) is 27.4. The van der Waals surface area contributed by atoms with Crippen molar-refractivity contribution in [3.63, 3.8) is 0 Å². The molecule has 3 N–H and O–H groups in total. The lowest BCUT2D eigenvalue weighted by Crippen LogP contribution is -2.28. The van der Waals surface area contributed by atoms with E-state index in [1.54, 1.807) is 131 Å². The average molecular weight is 1380 g/mol. The number of carbonyl (C=O) groups is 2. The number of aliphatic carboxylic acids is 1. The van der Waals surface area contributed by atoms with Crippen LogP contribution in [0.4, 0.5) is 28.9 Å². The Bertz CT molecular complexity index is 3170. The number of hydroxylamine groups is 1. The standard InChI is InChI=1S/C20H19F2NO4S.C14H14F2O4S.C7H9N.ClH.S14.S2/c1-26-15-10-13-11-18(28-17(13)12-16(15)27-2)20(21,22)9-8-19(24)23(25)14-6-4-3-5-7-14;1-19-9-5-8-6-12(14(15,16)4-3-13(17)18)21-11(8)7-10(9)20-2;1-8-7-5-3-2-4-6-7;;1-3-5-7-9-11-13-14-12-10-8-6-4-2;1-2/h3-7,10-12,25H,8-9H2,1-2H3;5-7H,3-4H2,1-2H3,(H,17,18);2-6,8H,1H3;1H;;. The van der Waals surface area contributed by atoms with Crippen LogP contribution in [0.15, 0.2) is 97.1 Å². The minimum atomic E-state index is -3.21. The fourth-order valence-electron chi connectivity index (χ4n) is 5.40. The van der Waals surface area contributed by atoms with Crippen LogP contribution in [-0.4, -0.2) is 57.7 Å². The molecule has 10 nitrogen and oxygen atoms in total. The maximum absolute atomic E-state index is 14.7. The molecule has 0 aliphatic heterocycles. The molecule has 0 aliphatic rings. The van der Waals surface area contributed by atoms with E-state index in [1.807, 2.05) is 37.4 Å². The van der Waals surface area contributed by atoms with Gasteiger partial charge in [-0.2, -0.15) is 5.06 Å². The van der Waals surface area contributed by atoms with Crippen molar-refractivity contribution in [1.82, 2.24) is 0 Å². The van der Waals surface area contributed by atoms with Gasteiger partial charge in [0, 0.05) is 205 Å². The van der Waals surface area contributed by atoms with Crippen LogP contribution in [0.2, 0.25) is 0 Å². The highest BCUT2D eigenvalue weighted by Crippen LogP contribution is 2.45. The third-order valence-electron chi connectivity index (χ3n) is 8.68. The van der Waals surface area contributed by atoms with Gasteiger partial charge >= 0.3 is 5.97 Å². The third kappa shape index (κ3) is 25.4. The molecule has 0 unspecified atom stereocenters. The van der Waals surface area contributed by atoms with E-state index in [1.165, 1.54) is 70.5 Å². The number of anilines is 2. The van der Waals surface area contributed by atoms with Crippen molar-refractivity contribution in [3.8, 4) is 23.0 Å². The summed E-state index contributed by atoms with van der Waals surface area (Å²) in [5.74, 6) is -6.57. The summed E-state index contributed by atoms with van der Waals surface area (Å²) < 4.78 is 79.3. The van der Waals surface area contributed by atoms with Crippen molar-refractivity contribution in [3.05, 3.63) is 107 Å². The number of carboxylic acids is 1. The first kappa shape index (κ1) is 70.2. The molecule has 1 amide bonds. The summed E-state index contributed by atoms with van der Waals surface area (Å²) in [6.45, 7) is 0. The second kappa shape index (κ2) is 39.6. The SMILES string of the molecule is CNc1ccccc1.COc1cc2cc(C(F)(F)CCC(=O)N(O)c3ccccc3)sc2cc1OC.COc1cc2cc(C(F)(F)CCC(=O)O)sc2cc1OC.Cl.S=S.S=S=S=S=S=S=S=S=S=S=S=S=S=S. The zero-order valence-corrected chi connectivity index (χ0v) is 54.1. The highest BCUT2D eigenvalue weighted by atomic mass is 35.5. The summed E-state index contributed by atoms with van der Waals surface area (Å²) in [5.41, 5.74) is 1.39. The maximum Gasteiger partial charge on any atom is 0.303 e. The number of rotatable bonds is 14. The first-order chi connectivity index (χ1) is 35.1. The van der Waals surface area contributed by atoms with E-state index in [0.29, 0.717) is 48.2 Å². The monoisotopic (exact) mass is 1380 g/mol. The van der Waals surface area contributed by atoms with Gasteiger partial charge in [-0.25, -0.2) is 17.6 Å². The second-order valence-electron chi connectivity index (χ2n) is 13.0. The van der Waals surface area contributed by atoms with E-state index in [9.17, 15) is 32.4 Å². The normalized spacial score (nSPS) is 9.97. The number of carboxylic acid groups (broad SMARTS) is 1. The van der Waals surface area contributed by atoms with Crippen molar-refractivity contribution in [1.29, 1.82) is 0 Å². The molecular weight excluding hydrogens is 1340 g/mol. The van der Waals surface area contributed by atoms with Crippen LogP contribution in [-0.2, 0) is 173 Å². The Hall–Kier alpha value is -1.77. The van der Waals surface area contributed by atoms with E-state index >= 15 is 0 Å². The van der Waals surface area contributed by atoms with Gasteiger partial charge in [0.25, 0.3) is 17.8 Å². The van der Waals surface area contributed by atoms with Gasteiger partial charge in [0.05, 0.1) is 50.3 Å². The Labute approximate surface area is 493 Å². The predicted octanol–water partition coefficient (Wildman–Crippen LogP) is 11.2. The quantitative estimate of drug-likeness (QED) is 0.0545. The molecule has 33 heteroatoms. The summed E-state index contributed by atoms with van der Waals surface area (Å²) >= 11 is 18.6. The van der Waals surface area contributed by atoms with Crippen molar-refractivity contribution in [2.45, 2.75) is 37.5 Å². The number of hydrogen-bond acceptors (Lipinski definition) is 14. The highest BCUT2D eigenvalue weighted by molar-refractivity contribution is 8.76. The van der Waals surface area contributed by atoms with Gasteiger partial charge in [-0.3, -0.25) is 14.8 Å². The molecule has 6 aromatic rings. The minimum Gasteiger partial charge on any atom is -0.493 e. The molecule has 0 atom stereocenters. The van der Waals surface area contributed by atoms with Crippen LogP contribution < -0.4 is 29.3 Å². The summed E-state index contributed by atoms with van der Waals surface area (Å²) in [4.78, 5) is 22.2. The fraction of sp³-hybridized carbons (Fsp3) is 0.268. The topological polar surface area (TPSA) is 127 Å². The number of methoxy groups -OCH3 is 4. The zero-order valence-electron chi connectivity index (χ0n) is 38.6. The van der Waals surface area contributed by atoms with Gasteiger partial charge in [-0.15, -0.1) is 35.1 Å². The van der Waals surface area contributed by atoms with Crippen molar-refractivity contribution >= 4 is 230 Å². The number of benzene rings is 4. The number of hydrogen-bond donors (Lipinski definition) is 3. The molecule has 2 heterocycles. The first-order valence-electron chi connectivity index (χ1n) is 19.6. The number of para-hydroxylation sites is 2. The molecule has 0 bridgehead atoms. The molecule has 408 valence electrons. The molecule has 0 aliphatic carbocycles. The lowest BCUT2D eigenvalue weighted by atomic mass is 10.1. The number of halogens is 5. The molecule has 4 aromatic carbocycles. The maximum atomic E-state index is 14.7. The van der Waals surface area contributed by atoms with Gasteiger partial charge in [0.15, 0.2) is 23.0 Å². The second-order valence-corrected chi connectivity index (χ2v) is 36.4. The average Bonchev–Trinajstić information content (AvgIpc) is 4.06. The van der Waals surface area contributed by atoms with Crippen LogP contribution in [0.5, 0.6) is 23.0 Å². The highest BCUT2D eigenvalue weighted by Gasteiger charge is 2.36. The van der Waals surface area contributed by atoms with E-state index in [-0.39, 0.29) is 27.8 Å².